The van der Waals surface area contributed by atoms with Crippen LogP contribution in [0.2, 0.25) is 0 Å². The number of carbonyl (C=O) groups is 1. The topological polar surface area (TPSA) is 26.3 Å². The summed E-state index contributed by atoms with van der Waals surface area (Å²) in [5.41, 5.74) is 0.907. The molecule has 0 aromatic heterocycles. The van der Waals surface area contributed by atoms with Gasteiger partial charge >= 0.3 is 5.97 Å². The van der Waals surface area contributed by atoms with Gasteiger partial charge in [0.25, 0.3) is 0 Å². The summed E-state index contributed by atoms with van der Waals surface area (Å²) < 4.78 is 19.4. The molecule has 0 aliphatic heterocycles. The maximum absolute atomic E-state index is 14.4. The number of esters is 1. The standard InChI is InChI=1S/C19H21FO2S/c1-4-22-18(21)19(2,3)15-10-11-17(16(20)12-15)23-13-14-8-6-5-7-9-14/h5-12H,4,13H2,1-3H3. The van der Waals surface area contributed by atoms with Crippen LogP contribution in [0.4, 0.5) is 4.39 Å². The fourth-order valence-corrected chi connectivity index (χ4v) is 3.05. The number of thioether (sulfide) groups is 1. The largest absolute Gasteiger partial charge is 0.465 e. The van der Waals surface area contributed by atoms with E-state index in [9.17, 15) is 9.18 Å². The fraction of sp³-hybridized carbons (Fsp3) is 0.316. The molecule has 0 radical (unpaired) electrons. The van der Waals surface area contributed by atoms with Crippen molar-refractivity contribution in [1.82, 2.24) is 0 Å². The van der Waals surface area contributed by atoms with Crippen LogP contribution in [0.3, 0.4) is 0 Å². The van der Waals surface area contributed by atoms with E-state index in [2.05, 4.69) is 0 Å². The summed E-state index contributed by atoms with van der Waals surface area (Å²) in [5, 5.41) is 0. The summed E-state index contributed by atoms with van der Waals surface area (Å²) in [6, 6.07) is 14.9. The highest BCUT2D eigenvalue weighted by Gasteiger charge is 2.31. The van der Waals surface area contributed by atoms with Crippen LogP contribution < -0.4 is 0 Å². The third-order valence-corrected chi connectivity index (χ3v) is 4.80. The number of ether oxygens (including phenoxy) is 1. The monoisotopic (exact) mass is 332 g/mol. The van der Waals surface area contributed by atoms with Gasteiger partial charge in [0.05, 0.1) is 12.0 Å². The average molecular weight is 332 g/mol. The molecule has 122 valence electrons. The molecule has 0 amide bonds. The van der Waals surface area contributed by atoms with Gasteiger partial charge in [-0.25, -0.2) is 4.39 Å². The molecular weight excluding hydrogens is 311 g/mol. The average Bonchev–Trinajstić information content (AvgIpc) is 2.54. The zero-order valence-corrected chi connectivity index (χ0v) is 14.5. The molecule has 4 heteroatoms. The van der Waals surface area contributed by atoms with E-state index in [1.165, 1.54) is 17.8 Å². The Morgan fingerprint density at radius 3 is 2.48 bits per heavy atom. The second kappa shape index (κ2) is 7.64. The molecule has 0 unspecified atom stereocenters. The minimum absolute atomic E-state index is 0.305. The summed E-state index contributed by atoms with van der Waals surface area (Å²) in [5.74, 6) is 0.0585. The molecule has 0 aliphatic rings. The van der Waals surface area contributed by atoms with Crippen LogP contribution in [0, 0.1) is 5.82 Å². The first-order valence-electron chi connectivity index (χ1n) is 7.59. The number of benzene rings is 2. The zero-order valence-electron chi connectivity index (χ0n) is 13.6. The number of hydrogen-bond donors (Lipinski definition) is 0. The molecule has 0 N–H and O–H groups in total. The third-order valence-electron chi connectivity index (χ3n) is 3.68. The molecule has 0 saturated carbocycles. The van der Waals surface area contributed by atoms with Crippen molar-refractivity contribution < 1.29 is 13.9 Å². The maximum Gasteiger partial charge on any atom is 0.315 e. The van der Waals surface area contributed by atoms with Crippen molar-refractivity contribution in [3.8, 4) is 0 Å². The summed E-state index contributed by atoms with van der Waals surface area (Å²) in [6.07, 6.45) is 0. The smallest absolute Gasteiger partial charge is 0.315 e. The molecule has 2 aromatic rings. The molecule has 0 spiro atoms. The number of hydrogen-bond acceptors (Lipinski definition) is 3. The Kier molecular flexibility index (Phi) is 5.83. The second-order valence-corrected chi connectivity index (χ2v) is 6.78. The van der Waals surface area contributed by atoms with Crippen LogP contribution in [-0.2, 0) is 20.7 Å². The molecule has 2 aromatic carbocycles. The van der Waals surface area contributed by atoms with Gasteiger partial charge in [-0.3, -0.25) is 4.79 Å². The lowest BCUT2D eigenvalue weighted by Gasteiger charge is -2.23. The van der Waals surface area contributed by atoms with Crippen LogP contribution in [0.25, 0.3) is 0 Å². The third kappa shape index (κ3) is 4.35. The highest BCUT2D eigenvalue weighted by Crippen LogP contribution is 2.31. The molecule has 23 heavy (non-hydrogen) atoms. The minimum atomic E-state index is -0.862. The number of rotatable bonds is 6. The van der Waals surface area contributed by atoms with Crippen molar-refractivity contribution in [1.29, 1.82) is 0 Å². The summed E-state index contributed by atoms with van der Waals surface area (Å²) in [7, 11) is 0. The van der Waals surface area contributed by atoms with Gasteiger partial charge in [0, 0.05) is 10.6 Å². The van der Waals surface area contributed by atoms with Crippen LogP contribution in [0.1, 0.15) is 31.9 Å². The SMILES string of the molecule is CCOC(=O)C(C)(C)c1ccc(SCc2ccccc2)c(F)c1. The van der Waals surface area contributed by atoms with E-state index in [0.29, 0.717) is 22.8 Å². The first-order chi connectivity index (χ1) is 10.9. The van der Waals surface area contributed by atoms with E-state index >= 15 is 0 Å². The van der Waals surface area contributed by atoms with Crippen molar-refractivity contribution in [2.45, 2.75) is 36.8 Å². The molecule has 0 saturated heterocycles. The second-order valence-electron chi connectivity index (χ2n) is 5.76. The summed E-state index contributed by atoms with van der Waals surface area (Å²) in [6.45, 7) is 5.57. The van der Waals surface area contributed by atoms with Gasteiger partial charge in [0.15, 0.2) is 0 Å². The van der Waals surface area contributed by atoms with Gasteiger partial charge in [0.1, 0.15) is 5.82 Å². The van der Waals surface area contributed by atoms with Gasteiger partial charge in [-0.1, -0.05) is 36.4 Å². The number of carbonyl (C=O) groups excluding carboxylic acids is 1. The van der Waals surface area contributed by atoms with Gasteiger partial charge in [0.2, 0.25) is 0 Å². The van der Waals surface area contributed by atoms with E-state index < -0.39 is 5.41 Å². The molecule has 2 rings (SSSR count). The van der Waals surface area contributed by atoms with Crippen LogP contribution in [0.15, 0.2) is 53.4 Å². The molecule has 2 nitrogen and oxygen atoms in total. The van der Waals surface area contributed by atoms with Gasteiger partial charge in [-0.05, 0) is 44.0 Å². The predicted molar refractivity (Wildman–Crippen MR) is 92.1 cm³/mol. The van der Waals surface area contributed by atoms with Crippen molar-refractivity contribution in [2.75, 3.05) is 6.61 Å². The Hall–Kier alpha value is -1.81. The van der Waals surface area contributed by atoms with Gasteiger partial charge < -0.3 is 4.74 Å². The Balaban J connectivity index is 2.13. The van der Waals surface area contributed by atoms with Crippen LogP contribution in [-0.4, -0.2) is 12.6 Å². The van der Waals surface area contributed by atoms with Crippen LogP contribution >= 0.6 is 11.8 Å². The van der Waals surface area contributed by atoms with Crippen LogP contribution in [0.5, 0.6) is 0 Å². The highest BCUT2D eigenvalue weighted by molar-refractivity contribution is 7.98. The van der Waals surface area contributed by atoms with Crippen molar-refractivity contribution in [2.24, 2.45) is 0 Å². The summed E-state index contributed by atoms with van der Waals surface area (Å²) >= 11 is 1.45. The molecule has 0 aliphatic carbocycles. The van der Waals surface area contributed by atoms with Crippen molar-refractivity contribution in [3.63, 3.8) is 0 Å². The normalized spacial score (nSPS) is 11.3. The lowest BCUT2D eigenvalue weighted by Crippen LogP contribution is -2.31. The van der Waals surface area contributed by atoms with E-state index in [4.69, 9.17) is 4.74 Å². The molecule has 0 heterocycles. The Bertz CT molecular complexity index is 668. The predicted octanol–water partition coefficient (Wildman–Crippen LogP) is 4.96. The molecule has 0 bridgehead atoms. The van der Waals surface area contributed by atoms with Gasteiger partial charge in [-0.15, -0.1) is 11.8 Å². The Morgan fingerprint density at radius 1 is 1.17 bits per heavy atom. The zero-order chi connectivity index (χ0) is 16.9. The molecule has 0 atom stereocenters. The highest BCUT2D eigenvalue weighted by atomic mass is 32.2. The van der Waals surface area contributed by atoms with E-state index in [1.807, 2.05) is 30.3 Å². The van der Waals surface area contributed by atoms with E-state index in [-0.39, 0.29) is 11.8 Å². The first kappa shape index (κ1) is 17.5. The maximum atomic E-state index is 14.4. The Labute approximate surface area is 141 Å². The molecular formula is C19H21FO2S. The van der Waals surface area contributed by atoms with Crippen molar-refractivity contribution in [3.05, 3.63) is 65.5 Å². The van der Waals surface area contributed by atoms with E-state index in [0.717, 1.165) is 5.56 Å². The number of halogens is 1. The minimum Gasteiger partial charge on any atom is -0.465 e. The first-order valence-corrected chi connectivity index (χ1v) is 8.57. The van der Waals surface area contributed by atoms with Crippen molar-refractivity contribution >= 4 is 17.7 Å². The lowest BCUT2D eigenvalue weighted by molar-refractivity contribution is -0.148. The fourth-order valence-electron chi connectivity index (χ4n) is 2.17. The summed E-state index contributed by atoms with van der Waals surface area (Å²) in [4.78, 5) is 12.6. The van der Waals surface area contributed by atoms with E-state index in [1.54, 1.807) is 32.9 Å². The Morgan fingerprint density at radius 2 is 1.87 bits per heavy atom. The molecule has 0 fully saturated rings. The van der Waals surface area contributed by atoms with Gasteiger partial charge in [-0.2, -0.15) is 0 Å². The quantitative estimate of drug-likeness (QED) is 0.552. The lowest BCUT2D eigenvalue weighted by atomic mass is 9.85.